The van der Waals surface area contributed by atoms with Gasteiger partial charge in [-0.3, -0.25) is 0 Å². The molecule has 0 fully saturated rings. The van der Waals surface area contributed by atoms with Crippen LogP contribution in [0.25, 0.3) is 0 Å². The van der Waals surface area contributed by atoms with E-state index in [4.69, 9.17) is 10.8 Å². The molecular weight excluding hydrogens is 174 g/mol. The Hall–Kier alpha value is -1.20. The molecule has 1 rings (SSSR count). The van der Waals surface area contributed by atoms with Gasteiger partial charge in [0, 0.05) is 6.42 Å². The molecule has 0 amide bonds. The summed E-state index contributed by atoms with van der Waals surface area (Å²) in [7, 11) is 0. The number of unbranched alkanes of at least 4 members (excludes halogenated alkanes) is 1. The van der Waals surface area contributed by atoms with Gasteiger partial charge >= 0.3 is 0 Å². The largest absolute Gasteiger partial charge is 0.465 e. The Labute approximate surface area is 85.7 Å². The average Bonchev–Trinajstić information content (AvgIpc) is 2.59. The Morgan fingerprint density at radius 3 is 2.93 bits per heavy atom. The van der Waals surface area contributed by atoms with Crippen LogP contribution in [0.1, 0.15) is 37.3 Å². The fourth-order valence-electron chi connectivity index (χ4n) is 1.30. The van der Waals surface area contributed by atoms with E-state index in [9.17, 15) is 0 Å². The fourth-order valence-corrected chi connectivity index (χ4v) is 1.30. The summed E-state index contributed by atoms with van der Waals surface area (Å²) in [5.74, 6) is 4.57. The normalized spacial score (nSPS) is 12.4. The lowest BCUT2D eigenvalue weighted by Crippen LogP contribution is -2.19. The van der Waals surface area contributed by atoms with Gasteiger partial charge in [0.25, 0.3) is 0 Å². The molecular formula is C12H17NO. The molecule has 0 aliphatic heterocycles. The van der Waals surface area contributed by atoms with Crippen LogP contribution in [0.5, 0.6) is 0 Å². The van der Waals surface area contributed by atoms with Crippen molar-refractivity contribution in [1.82, 2.24) is 5.32 Å². The molecule has 0 radical (unpaired) electrons. The van der Waals surface area contributed by atoms with Gasteiger partial charge in [-0.05, 0) is 38.9 Å². The van der Waals surface area contributed by atoms with E-state index in [1.165, 1.54) is 0 Å². The molecule has 1 aromatic heterocycles. The average molecular weight is 191 g/mol. The van der Waals surface area contributed by atoms with Crippen molar-refractivity contribution in [3.8, 4) is 12.3 Å². The van der Waals surface area contributed by atoms with Crippen LogP contribution in [-0.2, 0) is 0 Å². The van der Waals surface area contributed by atoms with Crippen LogP contribution in [0.2, 0.25) is 0 Å². The predicted molar refractivity (Wildman–Crippen MR) is 57.9 cm³/mol. The first-order valence-corrected chi connectivity index (χ1v) is 4.97. The number of terminal acetylenes is 1. The summed E-state index contributed by atoms with van der Waals surface area (Å²) >= 11 is 0. The maximum absolute atomic E-state index is 5.50. The number of hydrogen-bond donors (Lipinski definition) is 1. The minimum absolute atomic E-state index is 0.265. The molecule has 1 atom stereocenters. The van der Waals surface area contributed by atoms with E-state index in [1.807, 2.05) is 19.1 Å². The summed E-state index contributed by atoms with van der Waals surface area (Å²) in [4.78, 5) is 0. The van der Waals surface area contributed by atoms with Gasteiger partial charge < -0.3 is 9.73 Å². The van der Waals surface area contributed by atoms with Crippen molar-refractivity contribution in [2.45, 2.75) is 32.7 Å². The number of aryl methyl sites for hydroxylation is 1. The highest BCUT2D eigenvalue weighted by molar-refractivity contribution is 5.08. The Bertz CT molecular complexity index is 308. The van der Waals surface area contributed by atoms with Crippen LogP contribution < -0.4 is 5.32 Å². The summed E-state index contributed by atoms with van der Waals surface area (Å²) in [5.41, 5.74) is 0. The van der Waals surface area contributed by atoms with E-state index in [0.717, 1.165) is 30.9 Å². The SMILES string of the molecule is C#CCCCNC(C)c1ccc(C)o1. The molecule has 1 heterocycles. The molecule has 1 N–H and O–H groups in total. The molecule has 0 saturated carbocycles. The molecule has 76 valence electrons. The van der Waals surface area contributed by atoms with Crippen LogP contribution in [0, 0.1) is 19.3 Å². The van der Waals surface area contributed by atoms with Crippen molar-refractivity contribution >= 4 is 0 Å². The van der Waals surface area contributed by atoms with E-state index in [-0.39, 0.29) is 6.04 Å². The fraction of sp³-hybridized carbons (Fsp3) is 0.500. The second-order valence-corrected chi connectivity index (χ2v) is 3.43. The third-order valence-corrected chi connectivity index (χ3v) is 2.14. The third-order valence-electron chi connectivity index (χ3n) is 2.14. The lowest BCUT2D eigenvalue weighted by molar-refractivity contribution is 0.415. The standard InChI is InChI=1S/C12H17NO/c1-4-5-6-9-13-11(3)12-8-7-10(2)14-12/h1,7-8,11,13H,5-6,9H2,2-3H3. The second-order valence-electron chi connectivity index (χ2n) is 3.43. The van der Waals surface area contributed by atoms with Crippen LogP contribution in [0.3, 0.4) is 0 Å². The van der Waals surface area contributed by atoms with Gasteiger partial charge in [-0.15, -0.1) is 12.3 Å². The Kier molecular flexibility index (Phi) is 4.28. The molecule has 0 bridgehead atoms. The van der Waals surface area contributed by atoms with Gasteiger partial charge in [0.15, 0.2) is 0 Å². The lowest BCUT2D eigenvalue weighted by atomic mass is 10.2. The zero-order valence-corrected chi connectivity index (χ0v) is 8.84. The van der Waals surface area contributed by atoms with Crippen LogP contribution in [-0.4, -0.2) is 6.54 Å². The number of nitrogens with one attached hydrogen (secondary N) is 1. The minimum Gasteiger partial charge on any atom is -0.465 e. The van der Waals surface area contributed by atoms with E-state index in [0.29, 0.717) is 0 Å². The first-order chi connectivity index (χ1) is 6.74. The highest BCUT2D eigenvalue weighted by Crippen LogP contribution is 2.15. The Morgan fingerprint density at radius 2 is 2.36 bits per heavy atom. The molecule has 2 nitrogen and oxygen atoms in total. The summed E-state index contributed by atoms with van der Waals surface area (Å²) in [5, 5.41) is 3.36. The summed E-state index contributed by atoms with van der Waals surface area (Å²) in [6.07, 6.45) is 7.01. The molecule has 0 aromatic carbocycles. The van der Waals surface area contributed by atoms with Crippen molar-refractivity contribution in [2.75, 3.05) is 6.54 Å². The van der Waals surface area contributed by atoms with Crippen molar-refractivity contribution < 1.29 is 4.42 Å². The maximum atomic E-state index is 5.50. The molecule has 0 aliphatic carbocycles. The van der Waals surface area contributed by atoms with Crippen LogP contribution >= 0.6 is 0 Å². The van der Waals surface area contributed by atoms with Gasteiger partial charge in [-0.1, -0.05) is 0 Å². The van der Waals surface area contributed by atoms with Gasteiger partial charge in [-0.2, -0.15) is 0 Å². The second kappa shape index (κ2) is 5.51. The van der Waals surface area contributed by atoms with Gasteiger partial charge in [0.2, 0.25) is 0 Å². The van der Waals surface area contributed by atoms with Gasteiger partial charge in [0.1, 0.15) is 11.5 Å². The molecule has 1 aromatic rings. The van der Waals surface area contributed by atoms with E-state index in [2.05, 4.69) is 18.2 Å². The van der Waals surface area contributed by atoms with Crippen LogP contribution in [0.4, 0.5) is 0 Å². The number of furan rings is 1. The Balaban J connectivity index is 2.29. The van der Waals surface area contributed by atoms with Gasteiger partial charge in [0.05, 0.1) is 6.04 Å². The minimum atomic E-state index is 0.265. The topological polar surface area (TPSA) is 25.2 Å². The molecule has 0 spiro atoms. The number of hydrogen-bond acceptors (Lipinski definition) is 2. The van der Waals surface area contributed by atoms with Crippen LogP contribution in [0.15, 0.2) is 16.5 Å². The zero-order chi connectivity index (χ0) is 10.4. The van der Waals surface area contributed by atoms with Crippen molar-refractivity contribution in [3.63, 3.8) is 0 Å². The number of rotatable bonds is 5. The van der Waals surface area contributed by atoms with Crippen molar-refractivity contribution in [1.29, 1.82) is 0 Å². The first kappa shape index (κ1) is 10.9. The van der Waals surface area contributed by atoms with Crippen molar-refractivity contribution in [2.24, 2.45) is 0 Å². The molecule has 1 unspecified atom stereocenters. The van der Waals surface area contributed by atoms with Gasteiger partial charge in [-0.25, -0.2) is 0 Å². The smallest absolute Gasteiger partial charge is 0.120 e. The molecule has 14 heavy (non-hydrogen) atoms. The quantitative estimate of drug-likeness (QED) is 0.571. The highest BCUT2D eigenvalue weighted by atomic mass is 16.3. The zero-order valence-electron chi connectivity index (χ0n) is 8.84. The first-order valence-electron chi connectivity index (χ1n) is 4.97. The third kappa shape index (κ3) is 3.27. The van der Waals surface area contributed by atoms with E-state index in [1.54, 1.807) is 0 Å². The molecule has 2 heteroatoms. The maximum Gasteiger partial charge on any atom is 0.120 e. The predicted octanol–water partition coefficient (Wildman–Crippen LogP) is 2.65. The monoisotopic (exact) mass is 191 g/mol. The van der Waals surface area contributed by atoms with Crippen molar-refractivity contribution in [3.05, 3.63) is 23.7 Å². The molecule has 0 aliphatic rings. The van der Waals surface area contributed by atoms with E-state index < -0.39 is 0 Å². The van der Waals surface area contributed by atoms with E-state index >= 15 is 0 Å². The highest BCUT2D eigenvalue weighted by Gasteiger charge is 2.07. The lowest BCUT2D eigenvalue weighted by Gasteiger charge is -2.10. The summed E-state index contributed by atoms with van der Waals surface area (Å²) < 4.78 is 5.50. The molecule has 0 saturated heterocycles. The summed E-state index contributed by atoms with van der Waals surface area (Å²) in [6, 6.07) is 4.25. The summed E-state index contributed by atoms with van der Waals surface area (Å²) in [6.45, 7) is 4.98. The Morgan fingerprint density at radius 1 is 1.57 bits per heavy atom.